The summed E-state index contributed by atoms with van der Waals surface area (Å²) >= 11 is 5.73. The van der Waals surface area contributed by atoms with Crippen LogP contribution in [-0.4, -0.2) is 49.3 Å². The number of piperidine rings is 1. The van der Waals surface area contributed by atoms with Crippen molar-refractivity contribution in [3.8, 4) is 5.75 Å². The Balaban J connectivity index is 1.40. The van der Waals surface area contributed by atoms with E-state index in [1.165, 1.54) is 36.4 Å². The van der Waals surface area contributed by atoms with Gasteiger partial charge in [0.05, 0.1) is 5.02 Å². The lowest BCUT2D eigenvalue weighted by Crippen LogP contribution is -2.49. The van der Waals surface area contributed by atoms with Gasteiger partial charge in [-0.3, -0.25) is 4.79 Å². The van der Waals surface area contributed by atoms with Crippen molar-refractivity contribution >= 4 is 17.5 Å². The summed E-state index contributed by atoms with van der Waals surface area (Å²) in [4.78, 5) is 14.1. The van der Waals surface area contributed by atoms with Gasteiger partial charge in [-0.05, 0) is 42.5 Å². The molecule has 0 bridgehead atoms. The maximum atomic E-state index is 15.0. The number of benzene rings is 2. The number of hydrogen-bond acceptors (Lipinski definition) is 3. The number of halogens is 4. The number of nitrogens with zero attached hydrogens (tertiary/aromatic N) is 1. The van der Waals surface area contributed by atoms with Crippen LogP contribution in [-0.2, 0) is 0 Å². The average molecular weight is 427 g/mol. The normalized spacial score (nSPS) is 15.9. The monoisotopic (exact) mass is 426 g/mol. The van der Waals surface area contributed by atoms with Crippen LogP contribution in [0.3, 0.4) is 0 Å². The van der Waals surface area contributed by atoms with E-state index in [-0.39, 0.29) is 49.2 Å². The van der Waals surface area contributed by atoms with Crippen LogP contribution in [0.15, 0.2) is 42.5 Å². The Morgan fingerprint density at radius 1 is 1.14 bits per heavy atom. The third kappa shape index (κ3) is 5.87. The van der Waals surface area contributed by atoms with Gasteiger partial charge in [-0.2, -0.15) is 0 Å². The number of carbonyl (C=O) groups is 1. The molecule has 2 aromatic carbocycles. The number of carbonyl (C=O) groups excluding carboxylic acids is 1. The first kappa shape index (κ1) is 21.5. The van der Waals surface area contributed by atoms with Gasteiger partial charge in [0, 0.05) is 44.6 Å². The smallest absolute Gasteiger partial charge is 0.253 e. The first-order chi connectivity index (χ1) is 13.9. The third-order valence-corrected chi connectivity index (χ3v) is 5.21. The maximum absolute atomic E-state index is 15.0. The zero-order chi connectivity index (χ0) is 20.9. The summed E-state index contributed by atoms with van der Waals surface area (Å²) in [6.45, 7) is 1.48. The summed E-state index contributed by atoms with van der Waals surface area (Å²) in [6, 6.07) is 9.52. The highest BCUT2D eigenvalue weighted by Crippen LogP contribution is 2.27. The molecule has 3 rings (SSSR count). The van der Waals surface area contributed by atoms with E-state index in [1.54, 1.807) is 4.90 Å². The van der Waals surface area contributed by atoms with Crippen LogP contribution in [0.4, 0.5) is 13.2 Å². The molecule has 1 aliphatic heterocycles. The minimum Gasteiger partial charge on any atom is -0.492 e. The van der Waals surface area contributed by atoms with Crippen LogP contribution < -0.4 is 10.1 Å². The van der Waals surface area contributed by atoms with Crippen molar-refractivity contribution in [2.24, 2.45) is 0 Å². The van der Waals surface area contributed by atoms with Crippen molar-refractivity contribution in [2.75, 3.05) is 32.8 Å². The van der Waals surface area contributed by atoms with Crippen molar-refractivity contribution in [2.45, 2.75) is 18.5 Å². The molecular formula is C21H22ClF3N2O2. The summed E-state index contributed by atoms with van der Waals surface area (Å²) in [7, 11) is 0. The number of hydrogen-bond donors (Lipinski definition) is 1. The number of amides is 1. The van der Waals surface area contributed by atoms with Crippen LogP contribution >= 0.6 is 11.6 Å². The molecule has 8 heteroatoms. The first-order valence-electron chi connectivity index (χ1n) is 9.39. The Morgan fingerprint density at radius 3 is 2.48 bits per heavy atom. The van der Waals surface area contributed by atoms with E-state index in [0.717, 1.165) is 6.07 Å². The number of nitrogens with one attached hydrogen (secondary N) is 1. The van der Waals surface area contributed by atoms with Crippen molar-refractivity contribution in [1.29, 1.82) is 0 Å². The predicted molar refractivity (Wildman–Crippen MR) is 105 cm³/mol. The fraction of sp³-hybridized carbons (Fsp3) is 0.381. The second kappa shape index (κ2) is 9.50. The van der Waals surface area contributed by atoms with Crippen molar-refractivity contribution in [1.82, 2.24) is 10.2 Å². The maximum Gasteiger partial charge on any atom is 0.253 e. The number of alkyl halides is 1. The van der Waals surface area contributed by atoms with Gasteiger partial charge in [0.2, 0.25) is 0 Å². The summed E-state index contributed by atoms with van der Waals surface area (Å²) < 4.78 is 46.5. The van der Waals surface area contributed by atoms with Gasteiger partial charge in [0.25, 0.3) is 5.91 Å². The highest BCUT2D eigenvalue weighted by Gasteiger charge is 2.35. The molecule has 1 fully saturated rings. The van der Waals surface area contributed by atoms with Crippen LogP contribution in [0.25, 0.3) is 0 Å². The fourth-order valence-corrected chi connectivity index (χ4v) is 3.36. The quantitative estimate of drug-likeness (QED) is 0.674. The van der Waals surface area contributed by atoms with E-state index in [9.17, 15) is 18.0 Å². The van der Waals surface area contributed by atoms with E-state index in [1.807, 2.05) is 0 Å². The molecule has 4 nitrogen and oxygen atoms in total. The second-order valence-electron chi connectivity index (χ2n) is 7.05. The Hall–Kier alpha value is -2.25. The van der Waals surface area contributed by atoms with Gasteiger partial charge in [-0.1, -0.05) is 11.6 Å². The molecule has 1 amide bonds. The summed E-state index contributed by atoms with van der Waals surface area (Å²) in [6.07, 6.45) is 0.416. The molecule has 0 aliphatic carbocycles. The first-order valence-corrected chi connectivity index (χ1v) is 9.76. The predicted octanol–water partition coefficient (Wildman–Crippen LogP) is 4.23. The minimum absolute atomic E-state index is 0.111. The standard InChI is InChI=1S/C21H22ClF3N2O2/c22-18-13-15(1-6-19(18)24)20(28)27-10-7-21(25,8-11-27)14-26-9-12-29-17-4-2-16(23)3-5-17/h1-6,13,26H,7-12,14H2. The molecule has 0 saturated carbocycles. The second-order valence-corrected chi connectivity index (χ2v) is 7.46. The van der Waals surface area contributed by atoms with Crippen LogP contribution in [0.5, 0.6) is 5.75 Å². The van der Waals surface area contributed by atoms with Gasteiger partial charge < -0.3 is 15.0 Å². The highest BCUT2D eigenvalue weighted by molar-refractivity contribution is 6.31. The molecule has 156 valence electrons. The molecule has 0 unspecified atom stereocenters. The Bertz CT molecular complexity index is 840. The van der Waals surface area contributed by atoms with E-state index in [2.05, 4.69) is 5.32 Å². The van der Waals surface area contributed by atoms with E-state index in [4.69, 9.17) is 16.3 Å². The third-order valence-electron chi connectivity index (χ3n) is 4.92. The molecule has 1 N–H and O–H groups in total. The number of ether oxygens (including phenoxy) is 1. The lowest BCUT2D eigenvalue weighted by molar-refractivity contribution is 0.0433. The Morgan fingerprint density at radius 2 is 1.83 bits per heavy atom. The average Bonchev–Trinajstić information content (AvgIpc) is 2.71. The largest absolute Gasteiger partial charge is 0.492 e. The Kier molecular flexibility index (Phi) is 7.03. The summed E-state index contributed by atoms with van der Waals surface area (Å²) in [5, 5.41) is 2.92. The highest BCUT2D eigenvalue weighted by atomic mass is 35.5. The topological polar surface area (TPSA) is 41.6 Å². The van der Waals surface area contributed by atoms with Gasteiger partial charge in [-0.15, -0.1) is 0 Å². The summed E-state index contributed by atoms with van der Waals surface area (Å²) in [5.41, 5.74) is -1.12. The lowest BCUT2D eigenvalue weighted by Gasteiger charge is -2.36. The molecule has 1 heterocycles. The molecule has 0 spiro atoms. The van der Waals surface area contributed by atoms with Gasteiger partial charge in [-0.25, -0.2) is 13.2 Å². The van der Waals surface area contributed by atoms with E-state index >= 15 is 0 Å². The van der Waals surface area contributed by atoms with Gasteiger partial charge in [0.15, 0.2) is 0 Å². The lowest BCUT2D eigenvalue weighted by atomic mass is 9.93. The fourth-order valence-electron chi connectivity index (χ4n) is 3.18. The SMILES string of the molecule is O=C(c1ccc(F)c(Cl)c1)N1CCC(F)(CNCCOc2ccc(F)cc2)CC1. The molecule has 0 atom stereocenters. The molecule has 29 heavy (non-hydrogen) atoms. The van der Waals surface area contributed by atoms with Crippen molar-refractivity contribution < 1.29 is 22.7 Å². The van der Waals surface area contributed by atoms with Crippen LogP contribution in [0, 0.1) is 11.6 Å². The number of rotatable bonds is 7. The van der Waals surface area contributed by atoms with Gasteiger partial charge in [0.1, 0.15) is 29.7 Å². The van der Waals surface area contributed by atoms with Crippen LogP contribution in [0.2, 0.25) is 5.02 Å². The Labute approximate surface area is 172 Å². The van der Waals surface area contributed by atoms with E-state index < -0.39 is 11.5 Å². The van der Waals surface area contributed by atoms with Crippen molar-refractivity contribution in [3.63, 3.8) is 0 Å². The molecule has 1 aliphatic rings. The molecule has 2 aromatic rings. The van der Waals surface area contributed by atoms with E-state index in [0.29, 0.717) is 24.5 Å². The summed E-state index contributed by atoms with van der Waals surface area (Å²) in [5.74, 6) is -0.646. The van der Waals surface area contributed by atoms with Crippen LogP contribution in [0.1, 0.15) is 23.2 Å². The zero-order valence-corrected chi connectivity index (χ0v) is 16.5. The molecule has 0 radical (unpaired) electrons. The minimum atomic E-state index is -1.41. The number of likely N-dealkylation sites (tertiary alicyclic amines) is 1. The molecule has 1 saturated heterocycles. The molecular weight excluding hydrogens is 405 g/mol. The zero-order valence-electron chi connectivity index (χ0n) is 15.8. The van der Waals surface area contributed by atoms with Crippen molar-refractivity contribution in [3.05, 3.63) is 64.7 Å². The molecule has 0 aromatic heterocycles. The van der Waals surface area contributed by atoms with Gasteiger partial charge >= 0.3 is 0 Å².